The largest absolute Gasteiger partial charge is 0.352 e. The van der Waals surface area contributed by atoms with Crippen LogP contribution in [0.1, 0.15) is 77.1 Å². The number of carbonyl (C=O) groups excluding carboxylic acids is 1. The van der Waals surface area contributed by atoms with Gasteiger partial charge in [0.15, 0.2) is 0 Å². The van der Waals surface area contributed by atoms with Crippen molar-refractivity contribution in [2.75, 3.05) is 6.54 Å². The second kappa shape index (κ2) is 6.72. The first-order chi connectivity index (χ1) is 13.6. The quantitative estimate of drug-likeness (QED) is 0.634. The van der Waals surface area contributed by atoms with E-state index in [9.17, 15) is 4.79 Å². The summed E-state index contributed by atoms with van der Waals surface area (Å²) in [6.45, 7) is 5.44. The van der Waals surface area contributed by atoms with Gasteiger partial charge in [0, 0.05) is 36.3 Å². The molecule has 3 aromatic rings. The van der Waals surface area contributed by atoms with E-state index in [2.05, 4.69) is 33.5 Å². The van der Waals surface area contributed by atoms with Crippen molar-refractivity contribution >= 4 is 17.0 Å². The molecule has 2 aliphatic rings. The highest BCUT2D eigenvalue weighted by Crippen LogP contribution is 2.45. The minimum Gasteiger partial charge on any atom is -0.352 e. The lowest BCUT2D eigenvalue weighted by molar-refractivity contribution is 0.0954. The number of amides is 1. The van der Waals surface area contributed by atoms with Crippen LogP contribution in [0.25, 0.3) is 11.1 Å². The first kappa shape index (κ1) is 17.4. The van der Waals surface area contributed by atoms with Gasteiger partial charge in [0.1, 0.15) is 0 Å². The maximum Gasteiger partial charge on any atom is 0.259 e. The van der Waals surface area contributed by atoms with Crippen LogP contribution in [0.3, 0.4) is 0 Å². The summed E-state index contributed by atoms with van der Waals surface area (Å²) in [4.78, 5) is 17.6. The maximum atomic E-state index is 13.0. The van der Waals surface area contributed by atoms with Crippen molar-refractivity contribution in [2.45, 2.75) is 64.3 Å². The second-order valence-electron chi connectivity index (χ2n) is 8.15. The molecule has 5 rings (SSSR count). The molecule has 28 heavy (non-hydrogen) atoms. The van der Waals surface area contributed by atoms with Crippen molar-refractivity contribution in [1.29, 1.82) is 0 Å². The van der Waals surface area contributed by atoms with Crippen molar-refractivity contribution in [3.63, 3.8) is 0 Å². The Morgan fingerprint density at radius 3 is 2.68 bits per heavy atom. The maximum absolute atomic E-state index is 13.0. The zero-order valence-corrected chi connectivity index (χ0v) is 16.4. The average molecular weight is 379 g/mol. The molecule has 2 fully saturated rings. The van der Waals surface area contributed by atoms with Crippen LogP contribution in [0, 0.1) is 13.8 Å². The van der Waals surface area contributed by atoms with Gasteiger partial charge in [-0.3, -0.25) is 9.48 Å². The fourth-order valence-corrected chi connectivity index (χ4v) is 3.82. The van der Waals surface area contributed by atoms with E-state index < -0.39 is 0 Å². The molecule has 7 nitrogen and oxygen atoms in total. The highest BCUT2D eigenvalue weighted by Gasteiger charge is 2.34. The van der Waals surface area contributed by atoms with E-state index in [1.165, 1.54) is 0 Å². The van der Waals surface area contributed by atoms with Gasteiger partial charge in [0.05, 0.1) is 22.3 Å². The molecule has 3 heterocycles. The Morgan fingerprint density at radius 2 is 2.00 bits per heavy atom. The monoisotopic (exact) mass is 379 g/mol. The molecule has 146 valence electrons. The molecule has 2 aliphatic carbocycles. The van der Waals surface area contributed by atoms with E-state index in [0.717, 1.165) is 66.8 Å². The minimum absolute atomic E-state index is 0.0623. The minimum atomic E-state index is -0.0623. The van der Waals surface area contributed by atoms with E-state index in [1.54, 1.807) is 0 Å². The third-order valence-corrected chi connectivity index (χ3v) is 5.63. The lowest BCUT2D eigenvalue weighted by atomic mass is 10.1. The number of carbonyl (C=O) groups is 1. The van der Waals surface area contributed by atoms with Crippen molar-refractivity contribution in [2.24, 2.45) is 0 Å². The fraction of sp³-hybridized carbons (Fsp3) is 0.524. The van der Waals surface area contributed by atoms with Crippen LogP contribution in [0.15, 0.2) is 16.7 Å². The van der Waals surface area contributed by atoms with Crippen molar-refractivity contribution in [3.05, 3.63) is 40.5 Å². The Hall–Kier alpha value is -2.70. The summed E-state index contributed by atoms with van der Waals surface area (Å²) < 4.78 is 7.49. The number of rotatable bonds is 7. The Labute approximate surface area is 163 Å². The van der Waals surface area contributed by atoms with Crippen LogP contribution < -0.4 is 5.32 Å². The molecule has 0 spiro atoms. The lowest BCUT2D eigenvalue weighted by Gasteiger charge is -2.09. The van der Waals surface area contributed by atoms with Crippen LogP contribution in [-0.4, -0.2) is 32.4 Å². The molecule has 0 aromatic carbocycles. The third-order valence-electron chi connectivity index (χ3n) is 5.63. The van der Waals surface area contributed by atoms with Crippen molar-refractivity contribution < 1.29 is 9.32 Å². The molecular weight excluding hydrogens is 354 g/mol. The van der Waals surface area contributed by atoms with Crippen LogP contribution in [0.4, 0.5) is 0 Å². The highest BCUT2D eigenvalue weighted by molar-refractivity contribution is 6.06. The zero-order valence-electron chi connectivity index (χ0n) is 16.4. The number of aromatic nitrogens is 4. The molecule has 2 saturated carbocycles. The van der Waals surface area contributed by atoms with E-state index in [1.807, 2.05) is 17.7 Å². The second-order valence-corrected chi connectivity index (χ2v) is 8.15. The van der Waals surface area contributed by atoms with Crippen LogP contribution in [0.2, 0.25) is 0 Å². The normalized spacial score (nSPS) is 16.6. The number of nitrogens with zero attached hydrogens (tertiary/aromatic N) is 4. The van der Waals surface area contributed by atoms with E-state index in [0.29, 0.717) is 29.7 Å². The van der Waals surface area contributed by atoms with E-state index in [-0.39, 0.29) is 5.91 Å². The molecule has 0 aliphatic heterocycles. The number of nitrogens with one attached hydrogen (secondary N) is 1. The molecule has 0 atom stereocenters. The highest BCUT2D eigenvalue weighted by atomic mass is 16.5. The fourth-order valence-electron chi connectivity index (χ4n) is 3.82. The van der Waals surface area contributed by atoms with Gasteiger partial charge in [-0.05, 0) is 58.1 Å². The Bertz CT molecular complexity index is 1040. The molecular formula is C21H25N5O2. The molecule has 1 N–H and O–H groups in total. The van der Waals surface area contributed by atoms with Gasteiger partial charge in [0.2, 0.25) is 0 Å². The number of aryl methyl sites for hydroxylation is 3. The van der Waals surface area contributed by atoms with Crippen LogP contribution in [-0.2, 0) is 6.54 Å². The number of hydrogen-bond acceptors (Lipinski definition) is 5. The first-order valence-electron chi connectivity index (χ1n) is 10.2. The first-order valence-corrected chi connectivity index (χ1v) is 10.2. The number of pyridine rings is 1. The lowest BCUT2D eigenvalue weighted by Crippen LogP contribution is -2.26. The zero-order chi connectivity index (χ0) is 19.3. The van der Waals surface area contributed by atoms with Crippen LogP contribution >= 0.6 is 0 Å². The molecule has 1 amide bonds. The summed E-state index contributed by atoms with van der Waals surface area (Å²) in [6, 6.07) is 4.02. The van der Waals surface area contributed by atoms with Crippen LogP contribution in [0.5, 0.6) is 0 Å². The number of hydrogen-bond donors (Lipinski definition) is 1. The van der Waals surface area contributed by atoms with Gasteiger partial charge in [-0.15, -0.1) is 0 Å². The SMILES string of the molecule is Cc1cc(C)n(CCCNC(=O)c2cc(C3CC3)nc3onc(C4CC4)c23)n1. The summed E-state index contributed by atoms with van der Waals surface area (Å²) >= 11 is 0. The molecule has 0 bridgehead atoms. The Balaban J connectivity index is 1.33. The summed E-state index contributed by atoms with van der Waals surface area (Å²) in [5.74, 6) is 0.802. The smallest absolute Gasteiger partial charge is 0.259 e. The van der Waals surface area contributed by atoms with Crippen molar-refractivity contribution in [1.82, 2.24) is 25.2 Å². The molecule has 7 heteroatoms. The Kier molecular flexibility index (Phi) is 4.18. The van der Waals surface area contributed by atoms with Gasteiger partial charge in [-0.25, -0.2) is 4.98 Å². The number of fused-ring (bicyclic) bond motifs is 1. The predicted molar refractivity (Wildman–Crippen MR) is 104 cm³/mol. The van der Waals surface area contributed by atoms with Gasteiger partial charge < -0.3 is 9.84 Å². The topological polar surface area (TPSA) is 85.8 Å². The van der Waals surface area contributed by atoms with Gasteiger partial charge in [-0.2, -0.15) is 5.10 Å². The summed E-state index contributed by atoms with van der Waals surface area (Å²) in [5, 5.41) is 12.6. The van der Waals surface area contributed by atoms with Gasteiger partial charge in [-0.1, -0.05) is 5.16 Å². The van der Waals surface area contributed by atoms with Gasteiger partial charge >= 0.3 is 0 Å². The third kappa shape index (κ3) is 3.30. The van der Waals surface area contributed by atoms with E-state index in [4.69, 9.17) is 4.52 Å². The molecule has 0 radical (unpaired) electrons. The predicted octanol–water partition coefficient (Wildman–Crippen LogP) is 3.61. The summed E-state index contributed by atoms with van der Waals surface area (Å²) in [6.07, 6.45) is 5.31. The standard InChI is InChI=1S/C21H25N5O2/c1-12-10-13(2)26(24-12)9-3-8-22-20(27)16-11-17(14-4-5-14)23-21-18(16)19(25-28-21)15-6-7-15/h10-11,14-15H,3-9H2,1-2H3,(H,22,27). The Morgan fingerprint density at radius 1 is 1.21 bits per heavy atom. The van der Waals surface area contributed by atoms with Crippen molar-refractivity contribution in [3.8, 4) is 0 Å². The van der Waals surface area contributed by atoms with E-state index >= 15 is 0 Å². The summed E-state index contributed by atoms with van der Waals surface area (Å²) in [7, 11) is 0. The molecule has 0 unspecified atom stereocenters. The molecule has 3 aromatic heterocycles. The average Bonchev–Trinajstić information content (AvgIpc) is 3.60. The summed E-state index contributed by atoms with van der Waals surface area (Å²) in [5.41, 5.74) is 5.21. The van der Waals surface area contributed by atoms with Gasteiger partial charge in [0.25, 0.3) is 11.6 Å². The molecule has 0 saturated heterocycles.